The fourth-order valence-electron chi connectivity index (χ4n) is 3.79. The van der Waals surface area contributed by atoms with Gasteiger partial charge in [0.2, 0.25) is 0 Å². The molecule has 6 nitrogen and oxygen atoms in total. The smallest absolute Gasteiger partial charge is 0.191 e. The highest BCUT2D eigenvalue weighted by Crippen LogP contribution is 2.13. The number of sulfone groups is 1. The molecule has 3 rings (SSSR count). The van der Waals surface area contributed by atoms with Crippen LogP contribution in [0.4, 0.5) is 0 Å². The van der Waals surface area contributed by atoms with E-state index < -0.39 is 9.84 Å². The number of guanidine groups is 1. The van der Waals surface area contributed by atoms with E-state index in [1.165, 1.54) is 49.7 Å². The fourth-order valence-corrected chi connectivity index (χ4v) is 4.58. The lowest BCUT2D eigenvalue weighted by molar-refractivity contribution is 0.221. The first-order chi connectivity index (χ1) is 14.9. The second-order valence-electron chi connectivity index (χ2n) is 8.32. The third-order valence-corrected chi connectivity index (χ3v) is 6.33. The normalized spacial score (nSPS) is 15.6. The van der Waals surface area contributed by atoms with E-state index in [1.54, 1.807) is 7.05 Å². The van der Waals surface area contributed by atoms with Gasteiger partial charge in [-0.05, 0) is 48.2 Å². The van der Waals surface area contributed by atoms with Crippen LogP contribution in [0.25, 0.3) is 0 Å². The number of nitrogens with one attached hydrogen (secondary N) is 2. The van der Waals surface area contributed by atoms with Crippen LogP contribution in [0, 0.1) is 0 Å². The van der Waals surface area contributed by atoms with E-state index in [-0.39, 0.29) is 5.75 Å². The number of likely N-dealkylation sites (tertiary alicyclic amines) is 1. The summed E-state index contributed by atoms with van der Waals surface area (Å²) in [6.45, 7) is 4.79. The second kappa shape index (κ2) is 11.3. The first kappa shape index (κ1) is 23.3. The summed E-state index contributed by atoms with van der Waals surface area (Å²) in [4.78, 5) is 6.83. The number of piperidine rings is 1. The quantitative estimate of drug-likeness (QED) is 0.486. The Bertz CT molecular complexity index is 948. The van der Waals surface area contributed by atoms with E-state index in [0.717, 1.165) is 23.6 Å². The van der Waals surface area contributed by atoms with Gasteiger partial charge in [-0.2, -0.15) is 0 Å². The molecule has 2 aromatic rings. The van der Waals surface area contributed by atoms with Crippen molar-refractivity contribution in [1.82, 2.24) is 15.5 Å². The molecule has 0 amide bonds. The molecule has 31 heavy (non-hydrogen) atoms. The molecule has 168 valence electrons. The third kappa shape index (κ3) is 8.34. The van der Waals surface area contributed by atoms with Crippen molar-refractivity contribution < 1.29 is 8.42 Å². The largest absolute Gasteiger partial charge is 0.352 e. The van der Waals surface area contributed by atoms with Crippen LogP contribution in [-0.2, 0) is 35.2 Å². The van der Waals surface area contributed by atoms with Crippen molar-refractivity contribution >= 4 is 15.8 Å². The number of benzene rings is 2. The monoisotopic (exact) mass is 442 g/mol. The highest BCUT2D eigenvalue weighted by molar-refractivity contribution is 7.89. The summed E-state index contributed by atoms with van der Waals surface area (Å²) in [5, 5.41) is 6.65. The molecule has 0 unspecified atom stereocenters. The molecular weight excluding hydrogens is 408 g/mol. The number of aliphatic imine (C=N–C) groups is 1. The Morgan fingerprint density at radius 2 is 1.32 bits per heavy atom. The van der Waals surface area contributed by atoms with E-state index in [2.05, 4.69) is 44.8 Å². The third-order valence-electron chi connectivity index (χ3n) is 5.47. The Hall–Kier alpha value is -2.38. The Morgan fingerprint density at radius 3 is 1.81 bits per heavy atom. The van der Waals surface area contributed by atoms with Crippen LogP contribution >= 0.6 is 0 Å². The van der Waals surface area contributed by atoms with Crippen LogP contribution in [-0.4, -0.2) is 45.7 Å². The lowest BCUT2D eigenvalue weighted by Crippen LogP contribution is -2.36. The van der Waals surface area contributed by atoms with Gasteiger partial charge in [0.1, 0.15) is 0 Å². The summed E-state index contributed by atoms with van der Waals surface area (Å²) in [5.74, 6) is 0.804. The maximum absolute atomic E-state index is 11.4. The van der Waals surface area contributed by atoms with Gasteiger partial charge in [-0.15, -0.1) is 0 Å². The highest BCUT2D eigenvalue weighted by atomic mass is 32.2. The molecule has 1 aliphatic heterocycles. The minimum atomic E-state index is -3.01. The molecular formula is C24H34N4O2S. The minimum Gasteiger partial charge on any atom is -0.352 e. The highest BCUT2D eigenvalue weighted by Gasteiger charge is 2.10. The maximum atomic E-state index is 11.4. The van der Waals surface area contributed by atoms with Crippen molar-refractivity contribution in [3.8, 4) is 0 Å². The summed E-state index contributed by atoms with van der Waals surface area (Å²) in [6.07, 6.45) is 5.25. The van der Waals surface area contributed by atoms with Gasteiger partial charge in [-0.25, -0.2) is 8.42 Å². The van der Waals surface area contributed by atoms with Gasteiger partial charge in [-0.3, -0.25) is 9.89 Å². The van der Waals surface area contributed by atoms with Crippen molar-refractivity contribution in [1.29, 1.82) is 0 Å². The maximum Gasteiger partial charge on any atom is 0.191 e. The lowest BCUT2D eigenvalue weighted by Gasteiger charge is -2.26. The molecule has 0 aromatic heterocycles. The number of hydrogen-bond donors (Lipinski definition) is 2. The van der Waals surface area contributed by atoms with Crippen molar-refractivity contribution in [3.05, 3.63) is 70.8 Å². The SMILES string of the molecule is CN=C(NCc1ccc(CN2CCCCC2)cc1)NCc1ccc(CS(C)(=O)=O)cc1. The van der Waals surface area contributed by atoms with Crippen LogP contribution in [0.1, 0.15) is 41.5 Å². The van der Waals surface area contributed by atoms with E-state index in [9.17, 15) is 8.42 Å². The summed E-state index contributed by atoms with van der Waals surface area (Å²) in [5.41, 5.74) is 4.46. The first-order valence-electron chi connectivity index (χ1n) is 10.9. The molecule has 0 radical (unpaired) electrons. The topological polar surface area (TPSA) is 73.8 Å². The Labute approximate surface area is 186 Å². The fraction of sp³-hybridized carbons (Fsp3) is 0.458. The number of hydrogen-bond acceptors (Lipinski definition) is 4. The van der Waals surface area contributed by atoms with Gasteiger partial charge in [0.25, 0.3) is 0 Å². The Kier molecular flexibility index (Phi) is 8.49. The standard InChI is InChI=1S/C24H34N4O2S/c1-25-24(27-17-21-8-12-23(13-9-21)19-31(2,29)30)26-16-20-6-10-22(11-7-20)18-28-14-4-3-5-15-28/h6-13H,3-5,14-19H2,1-2H3,(H2,25,26,27). The van der Waals surface area contributed by atoms with Gasteiger partial charge < -0.3 is 10.6 Å². The molecule has 0 atom stereocenters. The molecule has 2 aromatic carbocycles. The molecule has 1 fully saturated rings. The predicted molar refractivity (Wildman–Crippen MR) is 128 cm³/mol. The first-order valence-corrected chi connectivity index (χ1v) is 13.0. The minimum absolute atomic E-state index is 0.0702. The molecule has 0 spiro atoms. The predicted octanol–water partition coefficient (Wildman–Crippen LogP) is 3.08. The van der Waals surface area contributed by atoms with Crippen molar-refractivity contribution in [2.75, 3.05) is 26.4 Å². The molecule has 1 aliphatic rings. The zero-order valence-corrected chi connectivity index (χ0v) is 19.4. The van der Waals surface area contributed by atoms with Crippen LogP contribution in [0.2, 0.25) is 0 Å². The number of rotatable bonds is 8. The van der Waals surface area contributed by atoms with Crippen molar-refractivity contribution in [3.63, 3.8) is 0 Å². The van der Waals surface area contributed by atoms with Crippen molar-refractivity contribution in [2.24, 2.45) is 4.99 Å². The molecule has 0 bridgehead atoms. The van der Waals surface area contributed by atoms with Gasteiger partial charge in [0.05, 0.1) is 5.75 Å². The van der Waals surface area contributed by atoms with Crippen LogP contribution < -0.4 is 10.6 Å². The molecule has 1 heterocycles. The molecule has 0 saturated carbocycles. The summed E-state index contributed by atoms with van der Waals surface area (Å²) < 4.78 is 22.8. The number of nitrogens with zero attached hydrogens (tertiary/aromatic N) is 2. The zero-order valence-electron chi connectivity index (χ0n) is 18.6. The van der Waals surface area contributed by atoms with E-state index in [1.807, 2.05) is 24.3 Å². The average molecular weight is 443 g/mol. The van der Waals surface area contributed by atoms with E-state index in [0.29, 0.717) is 13.1 Å². The van der Waals surface area contributed by atoms with Gasteiger partial charge in [0, 0.05) is 32.9 Å². The van der Waals surface area contributed by atoms with Crippen LogP contribution in [0.3, 0.4) is 0 Å². The lowest BCUT2D eigenvalue weighted by atomic mass is 10.1. The van der Waals surface area contributed by atoms with E-state index >= 15 is 0 Å². The van der Waals surface area contributed by atoms with Crippen LogP contribution in [0.15, 0.2) is 53.5 Å². The molecule has 2 N–H and O–H groups in total. The summed E-state index contributed by atoms with van der Waals surface area (Å²) in [7, 11) is -1.25. The Morgan fingerprint density at radius 1 is 0.839 bits per heavy atom. The molecule has 0 aliphatic carbocycles. The van der Waals surface area contributed by atoms with E-state index in [4.69, 9.17) is 0 Å². The second-order valence-corrected chi connectivity index (χ2v) is 10.5. The average Bonchev–Trinajstić information content (AvgIpc) is 2.76. The van der Waals surface area contributed by atoms with Gasteiger partial charge >= 0.3 is 0 Å². The molecule has 1 saturated heterocycles. The van der Waals surface area contributed by atoms with Gasteiger partial charge in [0.15, 0.2) is 15.8 Å². The Balaban J connectivity index is 1.43. The van der Waals surface area contributed by atoms with Gasteiger partial charge in [-0.1, -0.05) is 55.0 Å². The summed E-state index contributed by atoms with van der Waals surface area (Å²) in [6, 6.07) is 16.4. The summed E-state index contributed by atoms with van der Waals surface area (Å²) >= 11 is 0. The zero-order chi connectivity index (χ0) is 22.1. The van der Waals surface area contributed by atoms with Crippen molar-refractivity contribution in [2.45, 2.75) is 44.6 Å². The molecule has 7 heteroatoms. The van der Waals surface area contributed by atoms with Crippen LogP contribution in [0.5, 0.6) is 0 Å².